The highest BCUT2D eigenvalue weighted by atomic mass is 32.1. The van der Waals surface area contributed by atoms with Crippen molar-refractivity contribution in [1.29, 1.82) is 0 Å². The Balaban J connectivity index is 1.69. The van der Waals surface area contributed by atoms with Crippen molar-refractivity contribution in [1.82, 2.24) is 4.57 Å². The van der Waals surface area contributed by atoms with Gasteiger partial charge < -0.3 is 14.8 Å². The number of methoxy groups -OCH3 is 1. The maximum Gasteiger partial charge on any atom is 0.271 e. The molecule has 1 aliphatic rings. The van der Waals surface area contributed by atoms with E-state index in [4.69, 9.17) is 14.5 Å². The summed E-state index contributed by atoms with van der Waals surface area (Å²) in [6.45, 7) is 4.24. The largest absolute Gasteiger partial charge is 0.497 e. The van der Waals surface area contributed by atoms with Crippen LogP contribution in [0.25, 0.3) is 6.08 Å². The average molecular weight is 526 g/mol. The molecule has 1 amide bonds. The molecule has 7 nitrogen and oxygen atoms in total. The number of benzene rings is 3. The van der Waals surface area contributed by atoms with Crippen LogP contribution in [-0.2, 0) is 4.79 Å². The summed E-state index contributed by atoms with van der Waals surface area (Å²) < 4.78 is 13.3. The minimum absolute atomic E-state index is 0.231. The third kappa shape index (κ3) is 4.90. The number of anilines is 1. The first kappa shape index (κ1) is 25.2. The second-order valence-corrected chi connectivity index (χ2v) is 9.66. The van der Waals surface area contributed by atoms with Gasteiger partial charge in [0.05, 0.1) is 35.6 Å². The van der Waals surface area contributed by atoms with E-state index in [9.17, 15) is 9.59 Å². The highest BCUT2D eigenvalue weighted by molar-refractivity contribution is 7.07. The molecule has 8 heteroatoms. The van der Waals surface area contributed by atoms with E-state index < -0.39 is 6.04 Å². The summed E-state index contributed by atoms with van der Waals surface area (Å²) in [5.74, 6) is 1.01. The fraction of sp³-hybridized carbons (Fsp3) is 0.167. The Labute approximate surface area is 224 Å². The predicted molar refractivity (Wildman–Crippen MR) is 149 cm³/mol. The van der Waals surface area contributed by atoms with Crippen molar-refractivity contribution in [2.24, 2.45) is 4.99 Å². The molecule has 0 aliphatic carbocycles. The number of thiazole rings is 1. The molecule has 1 aliphatic heterocycles. The Morgan fingerprint density at radius 2 is 1.84 bits per heavy atom. The molecule has 0 saturated carbocycles. The van der Waals surface area contributed by atoms with E-state index in [-0.39, 0.29) is 11.5 Å². The summed E-state index contributed by atoms with van der Waals surface area (Å²) in [4.78, 5) is 32.8. The molecule has 1 N–H and O–H groups in total. The molecule has 0 saturated heterocycles. The quantitative estimate of drug-likeness (QED) is 0.391. The minimum atomic E-state index is -0.686. The van der Waals surface area contributed by atoms with Gasteiger partial charge in [-0.05, 0) is 55.8 Å². The topological polar surface area (TPSA) is 81.9 Å². The zero-order valence-electron chi connectivity index (χ0n) is 21.3. The summed E-state index contributed by atoms with van der Waals surface area (Å²) >= 11 is 1.29. The van der Waals surface area contributed by atoms with Crippen LogP contribution in [0.2, 0.25) is 0 Å². The van der Waals surface area contributed by atoms with Gasteiger partial charge >= 0.3 is 0 Å². The predicted octanol–water partition coefficient (Wildman–Crippen LogP) is 4.28. The second-order valence-electron chi connectivity index (χ2n) is 8.65. The van der Waals surface area contributed by atoms with E-state index in [0.717, 1.165) is 11.1 Å². The number of aromatic nitrogens is 1. The lowest BCUT2D eigenvalue weighted by Crippen LogP contribution is -2.40. The van der Waals surface area contributed by atoms with Crippen molar-refractivity contribution in [3.63, 3.8) is 0 Å². The third-order valence-electron chi connectivity index (χ3n) is 6.21. The van der Waals surface area contributed by atoms with Gasteiger partial charge in [-0.3, -0.25) is 14.2 Å². The Morgan fingerprint density at radius 1 is 1.08 bits per heavy atom. The van der Waals surface area contributed by atoms with Crippen LogP contribution in [0.4, 0.5) is 5.69 Å². The van der Waals surface area contributed by atoms with Gasteiger partial charge in [0.1, 0.15) is 11.5 Å². The number of para-hydroxylation sites is 2. The Kier molecular flexibility index (Phi) is 7.24. The van der Waals surface area contributed by atoms with Crippen LogP contribution in [0.1, 0.15) is 31.0 Å². The molecule has 3 aromatic carbocycles. The lowest BCUT2D eigenvalue weighted by Gasteiger charge is -2.25. The van der Waals surface area contributed by atoms with Crippen LogP contribution in [0, 0.1) is 0 Å². The van der Waals surface area contributed by atoms with Gasteiger partial charge in [0.2, 0.25) is 0 Å². The number of fused-ring (bicyclic) bond motifs is 1. The van der Waals surface area contributed by atoms with Crippen LogP contribution in [0.5, 0.6) is 11.5 Å². The zero-order chi connectivity index (χ0) is 26.6. The molecule has 38 heavy (non-hydrogen) atoms. The number of carbonyl (C=O) groups is 1. The number of nitrogens with zero attached hydrogens (tertiary/aromatic N) is 2. The lowest BCUT2D eigenvalue weighted by atomic mass is 9.95. The standard InChI is InChI=1S/C30H27N3O4S/c1-4-37-24-16-9-8-11-20(24)18-25-29(35)33-27(21-12-10-15-23(17-21)36-3)26(19(2)31-30(33)38-25)28(34)32-22-13-6-5-7-14-22/h5-18,27H,4H2,1-3H3,(H,32,34)/b25-18-/t27-/m1/s1. The van der Waals surface area contributed by atoms with E-state index in [2.05, 4.69) is 5.32 Å². The molecule has 4 aromatic rings. The third-order valence-corrected chi connectivity index (χ3v) is 7.20. The smallest absolute Gasteiger partial charge is 0.271 e. The first-order valence-corrected chi connectivity index (χ1v) is 13.1. The average Bonchev–Trinajstić information content (AvgIpc) is 3.23. The van der Waals surface area contributed by atoms with Gasteiger partial charge in [0, 0.05) is 11.3 Å². The Morgan fingerprint density at radius 3 is 2.61 bits per heavy atom. The minimum Gasteiger partial charge on any atom is -0.497 e. The molecule has 0 radical (unpaired) electrons. The van der Waals surface area contributed by atoms with Gasteiger partial charge in [0.25, 0.3) is 11.5 Å². The summed E-state index contributed by atoms with van der Waals surface area (Å²) in [6.07, 6.45) is 1.82. The van der Waals surface area contributed by atoms with E-state index in [1.807, 2.05) is 91.9 Å². The number of ether oxygens (including phenoxy) is 2. The first-order chi connectivity index (χ1) is 18.5. The van der Waals surface area contributed by atoms with Gasteiger partial charge in [-0.15, -0.1) is 0 Å². The van der Waals surface area contributed by atoms with Gasteiger partial charge in [-0.25, -0.2) is 4.99 Å². The summed E-state index contributed by atoms with van der Waals surface area (Å²) in [5.41, 5.74) is 2.93. The van der Waals surface area contributed by atoms with Crippen molar-refractivity contribution in [2.45, 2.75) is 19.9 Å². The molecule has 5 rings (SSSR count). The molecule has 0 bridgehead atoms. The molecular formula is C30H27N3O4S. The van der Waals surface area contributed by atoms with Crippen LogP contribution in [0.15, 0.2) is 99.9 Å². The molecule has 0 unspecified atom stereocenters. The molecular weight excluding hydrogens is 498 g/mol. The number of hydrogen-bond acceptors (Lipinski definition) is 6. The molecule has 0 fully saturated rings. The number of nitrogens with one attached hydrogen (secondary N) is 1. The van der Waals surface area contributed by atoms with Crippen molar-refractivity contribution >= 4 is 29.0 Å². The fourth-order valence-corrected chi connectivity index (χ4v) is 5.52. The first-order valence-electron chi connectivity index (χ1n) is 12.2. The van der Waals surface area contributed by atoms with Gasteiger partial charge in [0.15, 0.2) is 4.80 Å². The summed E-state index contributed by atoms with van der Waals surface area (Å²) in [5, 5.41) is 2.96. The van der Waals surface area contributed by atoms with Crippen molar-refractivity contribution in [2.75, 3.05) is 19.0 Å². The highest BCUT2D eigenvalue weighted by Crippen LogP contribution is 2.32. The van der Waals surface area contributed by atoms with E-state index in [1.165, 1.54) is 11.3 Å². The fourth-order valence-electron chi connectivity index (χ4n) is 4.49. The van der Waals surface area contributed by atoms with Crippen LogP contribution >= 0.6 is 11.3 Å². The molecule has 2 heterocycles. The summed E-state index contributed by atoms with van der Waals surface area (Å²) in [6, 6.07) is 23.5. The van der Waals surface area contributed by atoms with Crippen molar-refractivity contribution in [3.05, 3.63) is 121 Å². The van der Waals surface area contributed by atoms with Crippen molar-refractivity contribution in [3.8, 4) is 11.5 Å². The Hall–Kier alpha value is -4.43. The van der Waals surface area contributed by atoms with Crippen LogP contribution in [0.3, 0.4) is 0 Å². The molecule has 0 spiro atoms. The van der Waals surface area contributed by atoms with E-state index in [0.29, 0.717) is 44.4 Å². The van der Waals surface area contributed by atoms with Gasteiger partial charge in [-0.2, -0.15) is 0 Å². The van der Waals surface area contributed by atoms with Crippen molar-refractivity contribution < 1.29 is 14.3 Å². The number of carbonyl (C=O) groups excluding carboxylic acids is 1. The highest BCUT2D eigenvalue weighted by Gasteiger charge is 2.32. The molecule has 1 aromatic heterocycles. The summed E-state index contributed by atoms with van der Waals surface area (Å²) in [7, 11) is 1.59. The normalized spacial score (nSPS) is 15.0. The maximum absolute atomic E-state index is 13.9. The monoisotopic (exact) mass is 525 g/mol. The number of allylic oxidation sites excluding steroid dienone is 1. The van der Waals surface area contributed by atoms with Crippen LogP contribution < -0.4 is 29.7 Å². The lowest BCUT2D eigenvalue weighted by molar-refractivity contribution is -0.113. The van der Waals surface area contributed by atoms with Gasteiger partial charge in [-0.1, -0.05) is 59.9 Å². The number of hydrogen-bond donors (Lipinski definition) is 1. The second kappa shape index (κ2) is 10.9. The van der Waals surface area contributed by atoms with Crippen LogP contribution in [-0.4, -0.2) is 24.2 Å². The molecule has 1 atom stereocenters. The number of amides is 1. The SMILES string of the molecule is CCOc1ccccc1/C=c1\sc2n(c1=O)[C@H](c1cccc(OC)c1)C(C(=O)Nc1ccccc1)=C(C)N=2. The van der Waals surface area contributed by atoms with E-state index in [1.54, 1.807) is 18.6 Å². The maximum atomic E-state index is 13.9. The zero-order valence-corrected chi connectivity index (χ0v) is 22.1. The number of rotatable bonds is 7. The Bertz CT molecular complexity index is 1700. The van der Waals surface area contributed by atoms with E-state index >= 15 is 0 Å². The molecule has 192 valence electrons.